The van der Waals surface area contributed by atoms with E-state index in [9.17, 15) is 9.59 Å². The van der Waals surface area contributed by atoms with Gasteiger partial charge in [-0.1, -0.05) is 30.3 Å². The first-order valence-corrected chi connectivity index (χ1v) is 7.97. The number of aromatic amines is 1. The zero-order chi connectivity index (χ0) is 17.8. The molecule has 0 fully saturated rings. The van der Waals surface area contributed by atoms with Crippen molar-refractivity contribution in [3.63, 3.8) is 0 Å². The van der Waals surface area contributed by atoms with Crippen molar-refractivity contribution in [2.75, 3.05) is 5.32 Å². The highest BCUT2D eigenvalue weighted by Crippen LogP contribution is 2.13. The van der Waals surface area contributed by atoms with Crippen LogP contribution < -0.4 is 10.9 Å². The minimum atomic E-state index is -0.858. The molecule has 1 atom stereocenters. The Balaban J connectivity index is 1.84. The van der Waals surface area contributed by atoms with Crippen LogP contribution in [0.5, 0.6) is 0 Å². The van der Waals surface area contributed by atoms with Crippen LogP contribution in [0.3, 0.4) is 0 Å². The van der Waals surface area contributed by atoms with E-state index in [1.807, 2.05) is 30.3 Å². The van der Waals surface area contributed by atoms with Crippen molar-refractivity contribution < 1.29 is 9.90 Å². The highest BCUT2D eigenvalue weighted by Gasteiger charge is 2.15. The molecule has 25 heavy (non-hydrogen) atoms. The van der Waals surface area contributed by atoms with Gasteiger partial charge in [0.15, 0.2) is 5.65 Å². The minimum Gasteiger partial charge on any atom is -0.481 e. The highest BCUT2D eigenvalue weighted by molar-refractivity contribution is 5.74. The molecule has 1 aromatic carbocycles. The molecule has 8 nitrogen and oxygen atoms in total. The first-order chi connectivity index (χ1) is 12.0. The summed E-state index contributed by atoms with van der Waals surface area (Å²) in [5.74, 6) is -0.546. The Bertz CT molecular complexity index is 932. The first-order valence-electron chi connectivity index (χ1n) is 7.97. The Hall–Kier alpha value is -3.16. The second kappa shape index (κ2) is 7.16. The second-order valence-electron chi connectivity index (χ2n) is 5.88. The molecule has 0 saturated carbocycles. The molecule has 0 aliphatic carbocycles. The predicted octanol–water partition coefficient (Wildman–Crippen LogP) is 1.54. The summed E-state index contributed by atoms with van der Waals surface area (Å²) in [6.45, 7) is 0. The molecular weight excluding hydrogens is 322 g/mol. The smallest absolute Gasteiger partial charge is 0.303 e. The lowest BCUT2D eigenvalue weighted by Crippen LogP contribution is -2.26. The Labute approximate surface area is 143 Å². The van der Waals surface area contributed by atoms with E-state index in [4.69, 9.17) is 5.11 Å². The number of fused-ring (bicyclic) bond motifs is 1. The number of H-pyrrole nitrogens is 1. The SMILES string of the molecule is Cn1ncc2c(=O)[nH]c(NC(CCC(=O)O)Cc3ccccc3)nc21. The second-order valence-corrected chi connectivity index (χ2v) is 5.88. The van der Waals surface area contributed by atoms with Gasteiger partial charge >= 0.3 is 5.97 Å². The van der Waals surface area contributed by atoms with Gasteiger partial charge in [-0.15, -0.1) is 0 Å². The number of carboxylic acid groups (broad SMARTS) is 1. The molecule has 130 valence electrons. The third-order valence-corrected chi connectivity index (χ3v) is 3.97. The maximum atomic E-state index is 12.1. The van der Waals surface area contributed by atoms with Gasteiger partial charge in [0, 0.05) is 19.5 Å². The number of hydrogen-bond acceptors (Lipinski definition) is 5. The number of nitrogens with zero attached hydrogens (tertiary/aromatic N) is 3. The van der Waals surface area contributed by atoms with E-state index >= 15 is 0 Å². The van der Waals surface area contributed by atoms with Crippen molar-refractivity contribution in [3.8, 4) is 0 Å². The molecule has 3 aromatic rings. The third-order valence-electron chi connectivity index (χ3n) is 3.97. The van der Waals surface area contributed by atoms with Crippen LogP contribution in [0.4, 0.5) is 5.95 Å². The van der Waals surface area contributed by atoms with Crippen LogP contribution in [0, 0.1) is 0 Å². The van der Waals surface area contributed by atoms with Gasteiger partial charge in [0.1, 0.15) is 5.39 Å². The van der Waals surface area contributed by atoms with Gasteiger partial charge in [0.2, 0.25) is 5.95 Å². The fraction of sp³-hybridized carbons (Fsp3) is 0.294. The maximum Gasteiger partial charge on any atom is 0.303 e. The molecule has 0 spiro atoms. The molecule has 0 radical (unpaired) electrons. The van der Waals surface area contributed by atoms with Crippen LogP contribution >= 0.6 is 0 Å². The number of anilines is 1. The average molecular weight is 341 g/mol. The van der Waals surface area contributed by atoms with Crippen molar-refractivity contribution in [2.45, 2.75) is 25.3 Å². The fourth-order valence-corrected chi connectivity index (χ4v) is 2.72. The van der Waals surface area contributed by atoms with E-state index in [-0.39, 0.29) is 18.0 Å². The van der Waals surface area contributed by atoms with Crippen molar-refractivity contribution in [3.05, 3.63) is 52.4 Å². The summed E-state index contributed by atoms with van der Waals surface area (Å²) >= 11 is 0. The lowest BCUT2D eigenvalue weighted by Gasteiger charge is -2.18. The van der Waals surface area contributed by atoms with E-state index in [0.717, 1.165) is 5.56 Å². The molecule has 3 N–H and O–H groups in total. The standard InChI is InChI=1S/C17H19N5O3/c1-22-15-13(10-18-22)16(25)21-17(20-15)19-12(7-8-14(23)24)9-11-5-3-2-4-6-11/h2-6,10,12H,7-9H2,1H3,(H,23,24)(H2,19,20,21,25). The summed E-state index contributed by atoms with van der Waals surface area (Å²) in [7, 11) is 1.71. The van der Waals surface area contributed by atoms with Gasteiger partial charge in [0.25, 0.3) is 5.56 Å². The van der Waals surface area contributed by atoms with Crippen molar-refractivity contribution in [1.82, 2.24) is 19.7 Å². The monoisotopic (exact) mass is 341 g/mol. The number of rotatable bonds is 7. The van der Waals surface area contributed by atoms with Gasteiger partial charge in [0.05, 0.1) is 6.20 Å². The van der Waals surface area contributed by atoms with Crippen molar-refractivity contribution in [1.29, 1.82) is 0 Å². The molecule has 0 aliphatic rings. The molecule has 8 heteroatoms. The summed E-state index contributed by atoms with van der Waals surface area (Å²) in [6, 6.07) is 9.59. The Morgan fingerprint density at radius 2 is 2.12 bits per heavy atom. The van der Waals surface area contributed by atoms with Crippen molar-refractivity contribution >= 4 is 23.0 Å². The zero-order valence-corrected chi connectivity index (χ0v) is 13.8. The van der Waals surface area contributed by atoms with Crippen LogP contribution in [-0.2, 0) is 18.3 Å². The van der Waals surface area contributed by atoms with E-state index in [2.05, 4.69) is 20.4 Å². The number of hydrogen-bond donors (Lipinski definition) is 3. The molecule has 3 rings (SSSR count). The molecular formula is C17H19N5O3. The molecule has 2 heterocycles. The third kappa shape index (κ3) is 4.03. The van der Waals surface area contributed by atoms with Gasteiger partial charge in [-0.25, -0.2) is 0 Å². The van der Waals surface area contributed by atoms with Crippen molar-refractivity contribution in [2.24, 2.45) is 7.05 Å². The van der Waals surface area contributed by atoms with E-state index in [0.29, 0.717) is 29.8 Å². The number of aryl methyl sites for hydroxylation is 1. The van der Waals surface area contributed by atoms with Crippen LogP contribution in [0.25, 0.3) is 11.0 Å². The van der Waals surface area contributed by atoms with Crippen LogP contribution in [0.1, 0.15) is 18.4 Å². The summed E-state index contributed by atoms with van der Waals surface area (Å²) in [4.78, 5) is 30.1. The summed E-state index contributed by atoms with van der Waals surface area (Å²) in [6.07, 6.45) is 2.54. The summed E-state index contributed by atoms with van der Waals surface area (Å²) < 4.78 is 1.53. The molecule has 0 aliphatic heterocycles. The molecule has 0 bridgehead atoms. The van der Waals surface area contributed by atoms with E-state index < -0.39 is 5.97 Å². The maximum absolute atomic E-state index is 12.1. The molecule has 0 saturated heterocycles. The topological polar surface area (TPSA) is 113 Å². The summed E-state index contributed by atoms with van der Waals surface area (Å²) in [5.41, 5.74) is 1.27. The van der Waals surface area contributed by atoms with Crippen LogP contribution in [-0.4, -0.2) is 36.9 Å². The molecule has 1 unspecified atom stereocenters. The zero-order valence-electron chi connectivity index (χ0n) is 13.8. The fourth-order valence-electron chi connectivity index (χ4n) is 2.72. The summed E-state index contributed by atoms with van der Waals surface area (Å²) in [5, 5.41) is 16.6. The number of aliphatic carboxylic acids is 1. The molecule has 0 amide bonds. The normalized spacial score (nSPS) is 12.2. The van der Waals surface area contributed by atoms with Crippen LogP contribution in [0.15, 0.2) is 41.3 Å². The van der Waals surface area contributed by atoms with Crippen LogP contribution in [0.2, 0.25) is 0 Å². The predicted molar refractivity (Wildman–Crippen MR) is 93.6 cm³/mol. The van der Waals surface area contributed by atoms with Gasteiger partial charge in [-0.2, -0.15) is 10.1 Å². The number of carbonyl (C=O) groups is 1. The Kier molecular flexibility index (Phi) is 4.78. The largest absolute Gasteiger partial charge is 0.481 e. The number of benzene rings is 1. The number of carboxylic acids is 1. The van der Waals surface area contributed by atoms with Gasteiger partial charge in [-0.05, 0) is 18.4 Å². The molecule has 2 aromatic heterocycles. The Morgan fingerprint density at radius 3 is 2.84 bits per heavy atom. The average Bonchev–Trinajstić information content (AvgIpc) is 2.95. The minimum absolute atomic E-state index is 0.0304. The number of nitrogens with one attached hydrogen (secondary N) is 2. The lowest BCUT2D eigenvalue weighted by molar-refractivity contribution is -0.137. The van der Waals surface area contributed by atoms with Gasteiger partial charge in [-0.3, -0.25) is 19.3 Å². The Morgan fingerprint density at radius 1 is 1.36 bits per heavy atom. The van der Waals surface area contributed by atoms with E-state index in [1.165, 1.54) is 10.9 Å². The van der Waals surface area contributed by atoms with E-state index in [1.54, 1.807) is 7.05 Å². The van der Waals surface area contributed by atoms with Gasteiger partial charge < -0.3 is 10.4 Å². The quantitative estimate of drug-likeness (QED) is 0.601. The first kappa shape index (κ1) is 16.7. The number of aromatic nitrogens is 4. The lowest BCUT2D eigenvalue weighted by atomic mass is 10.0. The highest BCUT2D eigenvalue weighted by atomic mass is 16.4.